The maximum absolute atomic E-state index is 13.9. The first kappa shape index (κ1) is 21.4. The summed E-state index contributed by atoms with van der Waals surface area (Å²) in [4.78, 5) is 18.8. The molecule has 1 amide bonds. The minimum Gasteiger partial charge on any atom is -0.340 e. The van der Waals surface area contributed by atoms with Crippen LogP contribution in [0.25, 0.3) is 22.6 Å². The van der Waals surface area contributed by atoms with Crippen LogP contribution in [0.2, 0.25) is 0 Å². The zero-order valence-corrected chi connectivity index (χ0v) is 18.9. The Labute approximate surface area is 199 Å². The van der Waals surface area contributed by atoms with Crippen molar-refractivity contribution in [1.82, 2.24) is 14.9 Å². The van der Waals surface area contributed by atoms with Crippen molar-refractivity contribution in [3.8, 4) is 22.6 Å². The quantitative estimate of drug-likeness (QED) is 0.336. The van der Waals surface area contributed by atoms with Gasteiger partial charge in [0.15, 0.2) is 0 Å². The number of amides is 1. The molecule has 5 aromatic rings. The van der Waals surface area contributed by atoms with Crippen LogP contribution in [0, 0.1) is 0 Å². The molecule has 0 unspecified atom stereocenters. The topological polar surface area (TPSA) is 46.9 Å². The number of hydrogen-bond acceptors (Lipinski definition) is 2. The lowest BCUT2D eigenvalue weighted by atomic mass is 9.98. The number of imidazole rings is 1. The van der Waals surface area contributed by atoms with Crippen molar-refractivity contribution in [3.05, 3.63) is 138 Å². The molecule has 0 saturated carbocycles. The van der Waals surface area contributed by atoms with Gasteiger partial charge in [-0.05, 0) is 11.1 Å². The molecule has 5 rings (SSSR count). The van der Waals surface area contributed by atoms with Gasteiger partial charge >= 0.3 is 0 Å². The van der Waals surface area contributed by atoms with E-state index < -0.39 is 0 Å². The Morgan fingerprint density at radius 2 is 1.12 bits per heavy atom. The summed E-state index contributed by atoms with van der Waals surface area (Å²) in [6.07, 6.45) is 0. The van der Waals surface area contributed by atoms with Gasteiger partial charge in [-0.25, -0.2) is 4.98 Å². The molecule has 0 aliphatic rings. The van der Waals surface area contributed by atoms with E-state index in [1.165, 1.54) is 0 Å². The van der Waals surface area contributed by atoms with E-state index in [9.17, 15) is 4.79 Å². The molecule has 0 atom stereocenters. The van der Waals surface area contributed by atoms with Gasteiger partial charge < -0.3 is 9.88 Å². The van der Waals surface area contributed by atoms with Crippen LogP contribution in [0.1, 0.15) is 27.7 Å². The number of nitrogens with one attached hydrogen (secondary N) is 1. The highest BCUT2D eigenvalue weighted by Crippen LogP contribution is 2.30. The Bertz CT molecular complexity index is 1340. The Balaban J connectivity index is 1.61. The van der Waals surface area contributed by atoms with Gasteiger partial charge in [0.05, 0.1) is 6.04 Å². The third-order valence-corrected chi connectivity index (χ3v) is 5.93. The zero-order valence-electron chi connectivity index (χ0n) is 18.9. The van der Waals surface area contributed by atoms with Crippen LogP contribution in [0.5, 0.6) is 0 Å². The van der Waals surface area contributed by atoms with Crippen LogP contribution >= 0.6 is 0 Å². The maximum Gasteiger partial charge on any atom is 0.270 e. The standard InChI is InChI=1S/C30H25N3O/c1-33-28(27(24-18-10-4-11-19-24)31-29(33)25-20-12-5-13-21-25)30(34)32-26(22-14-6-2-7-15-22)23-16-8-3-9-17-23/h2-21,26H,1H3,(H,32,34). The first-order chi connectivity index (χ1) is 16.7. The van der Waals surface area contributed by atoms with Crippen LogP contribution in [-0.2, 0) is 7.05 Å². The zero-order chi connectivity index (χ0) is 23.3. The molecule has 4 nitrogen and oxygen atoms in total. The highest BCUT2D eigenvalue weighted by Gasteiger charge is 2.26. The van der Waals surface area contributed by atoms with Crippen LogP contribution in [0.3, 0.4) is 0 Å². The lowest BCUT2D eigenvalue weighted by molar-refractivity contribution is 0.0935. The number of carbonyl (C=O) groups is 1. The smallest absolute Gasteiger partial charge is 0.270 e. The molecule has 1 aromatic heterocycles. The van der Waals surface area contributed by atoms with Gasteiger partial charge in [-0.2, -0.15) is 0 Å². The molecular weight excluding hydrogens is 418 g/mol. The average Bonchev–Trinajstić information content (AvgIpc) is 3.26. The molecule has 4 aromatic carbocycles. The van der Waals surface area contributed by atoms with Crippen LogP contribution in [-0.4, -0.2) is 15.5 Å². The molecule has 0 fully saturated rings. The summed E-state index contributed by atoms with van der Waals surface area (Å²) in [5.74, 6) is 0.578. The molecule has 0 spiro atoms. The highest BCUT2D eigenvalue weighted by atomic mass is 16.2. The SMILES string of the molecule is Cn1c(-c2ccccc2)nc(-c2ccccc2)c1C(=O)NC(c1ccccc1)c1ccccc1. The molecule has 0 aliphatic heterocycles. The van der Waals surface area contributed by atoms with E-state index in [-0.39, 0.29) is 11.9 Å². The number of carbonyl (C=O) groups excluding carboxylic acids is 1. The predicted molar refractivity (Wildman–Crippen MR) is 136 cm³/mol. The van der Waals surface area contributed by atoms with Gasteiger partial charge in [-0.1, -0.05) is 121 Å². The minimum atomic E-state index is -0.284. The third-order valence-electron chi connectivity index (χ3n) is 5.93. The number of aromatic nitrogens is 2. The van der Waals surface area contributed by atoms with Crippen molar-refractivity contribution in [1.29, 1.82) is 0 Å². The summed E-state index contributed by atoms with van der Waals surface area (Å²) < 4.78 is 1.89. The fraction of sp³-hybridized carbons (Fsp3) is 0.0667. The fourth-order valence-electron chi connectivity index (χ4n) is 4.25. The Morgan fingerprint density at radius 1 is 0.676 bits per heavy atom. The Hall–Kier alpha value is -4.44. The van der Waals surface area contributed by atoms with Crippen molar-refractivity contribution >= 4 is 5.91 Å². The molecule has 166 valence electrons. The molecule has 0 aliphatic carbocycles. The fourth-order valence-corrected chi connectivity index (χ4v) is 4.25. The summed E-state index contributed by atoms with van der Waals surface area (Å²) in [5, 5.41) is 3.28. The molecule has 0 bridgehead atoms. The number of rotatable bonds is 6. The minimum absolute atomic E-state index is 0.172. The first-order valence-corrected chi connectivity index (χ1v) is 11.3. The van der Waals surface area contributed by atoms with Gasteiger partial charge in [-0.3, -0.25) is 4.79 Å². The van der Waals surface area contributed by atoms with E-state index >= 15 is 0 Å². The Kier molecular flexibility index (Phi) is 6.04. The Morgan fingerprint density at radius 3 is 1.62 bits per heavy atom. The van der Waals surface area contributed by atoms with E-state index in [1.54, 1.807) is 0 Å². The second-order valence-electron chi connectivity index (χ2n) is 8.15. The van der Waals surface area contributed by atoms with E-state index in [0.29, 0.717) is 11.4 Å². The van der Waals surface area contributed by atoms with Gasteiger partial charge in [0.2, 0.25) is 0 Å². The normalized spacial score (nSPS) is 10.9. The van der Waals surface area contributed by atoms with E-state index in [0.717, 1.165) is 28.1 Å². The van der Waals surface area contributed by atoms with Gasteiger partial charge in [0, 0.05) is 18.2 Å². The summed E-state index contributed by atoms with van der Waals surface area (Å²) in [6.45, 7) is 0. The summed E-state index contributed by atoms with van der Waals surface area (Å²) >= 11 is 0. The summed E-state index contributed by atoms with van der Waals surface area (Å²) in [5.41, 5.74) is 5.11. The number of nitrogens with zero attached hydrogens (tertiary/aromatic N) is 2. The summed E-state index contributed by atoms with van der Waals surface area (Å²) in [7, 11) is 1.90. The maximum atomic E-state index is 13.9. The van der Waals surface area contributed by atoms with Crippen LogP contribution in [0.15, 0.2) is 121 Å². The number of hydrogen-bond donors (Lipinski definition) is 1. The van der Waals surface area contributed by atoms with Crippen LogP contribution < -0.4 is 5.32 Å². The third kappa shape index (κ3) is 4.26. The van der Waals surface area contributed by atoms with E-state index in [2.05, 4.69) is 5.32 Å². The second kappa shape index (κ2) is 9.59. The molecular formula is C30H25N3O. The molecule has 1 N–H and O–H groups in total. The van der Waals surface area contributed by atoms with Gasteiger partial charge in [-0.15, -0.1) is 0 Å². The summed E-state index contributed by atoms with van der Waals surface area (Å²) in [6, 6.07) is 39.6. The monoisotopic (exact) mass is 443 g/mol. The molecule has 34 heavy (non-hydrogen) atoms. The molecule has 1 heterocycles. The van der Waals surface area contributed by atoms with Crippen molar-refractivity contribution in [2.45, 2.75) is 6.04 Å². The van der Waals surface area contributed by atoms with Crippen molar-refractivity contribution in [2.24, 2.45) is 7.05 Å². The molecule has 4 heteroatoms. The van der Waals surface area contributed by atoms with Gasteiger partial charge in [0.25, 0.3) is 5.91 Å². The largest absolute Gasteiger partial charge is 0.340 e. The van der Waals surface area contributed by atoms with Crippen molar-refractivity contribution in [3.63, 3.8) is 0 Å². The predicted octanol–water partition coefficient (Wildman–Crippen LogP) is 6.27. The average molecular weight is 444 g/mol. The number of benzene rings is 4. The second-order valence-corrected chi connectivity index (χ2v) is 8.15. The van der Waals surface area contributed by atoms with Gasteiger partial charge in [0.1, 0.15) is 17.2 Å². The first-order valence-electron chi connectivity index (χ1n) is 11.3. The lowest BCUT2D eigenvalue weighted by Gasteiger charge is -2.20. The molecule has 0 radical (unpaired) electrons. The van der Waals surface area contributed by atoms with E-state index in [1.807, 2.05) is 133 Å². The van der Waals surface area contributed by atoms with Crippen LogP contribution in [0.4, 0.5) is 0 Å². The molecule has 0 saturated heterocycles. The van der Waals surface area contributed by atoms with E-state index in [4.69, 9.17) is 4.98 Å². The lowest BCUT2D eigenvalue weighted by Crippen LogP contribution is -2.31. The van der Waals surface area contributed by atoms with Crippen molar-refractivity contribution in [2.75, 3.05) is 0 Å². The van der Waals surface area contributed by atoms with Crippen molar-refractivity contribution < 1.29 is 4.79 Å². The highest BCUT2D eigenvalue weighted by molar-refractivity contribution is 6.00.